The second-order valence-electron chi connectivity index (χ2n) is 4.94. The van der Waals surface area contributed by atoms with Gasteiger partial charge in [-0.1, -0.05) is 30.4 Å². The van der Waals surface area contributed by atoms with Gasteiger partial charge in [-0.3, -0.25) is 4.79 Å². The van der Waals surface area contributed by atoms with Gasteiger partial charge in [-0.05, 0) is 24.6 Å². The van der Waals surface area contributed by atoms with Crippen LogP contribution in [-0.2, 0) is 7.05 Å². The zero-order valence-corrected chi connectivity index (χ0v) is 11.7. The number of benzene rings is 1. The minimum Gasteiger partial charge on any atom is -0.350 e. The highest BCUT2D eigenvalue weighted by molar-refractivity contribution is 6.11. The number of hydrogen-bond donors (Lipinski definition) is 0. The molecule has 0 spiro atoms. The summed E-state index contributed by atoms with van der Waals surface area (Å²) in [6.07, 6.45) is -0.156. The Balaban J connectivity index is 2.59. The van der Waals surface area contributed by atoms with Gasteiger partial charge in [0.2, 0.25) is 0 Å². The van der Waals surface area contributed by atoms with E-state index in [1.54, 1.807) is 37.4 Å². The number of alkyl halides is 3. The molecule has 5 heteroatoms. The molecule has 0 fully saturated rings. The lowest BCUT2D eigenvalue weighted by Crippen LogP contribution is -2.22. The van der Waals surface area contributed by atoms with Gasteiger partial charge >= 0.3 is 6.18 Å². The standard InChI is InChI=1S/C16H14F3NO/c1-10(2)4-5-11-6-7-14-12(8-11)13(9-20(14)3)15(21)16(17,18)19/h4-9H,1H2,2-3H3/b5-4+. The third kappa shape index (κ3) is 3.07. The van der Waals surface area contributed by atoms with Crippen LogP contribution in [0.3, 0.4) is 0 Å². The van der Waals surface area contributed by atoms with Crippen LogP contribution in [0.25, 0.3) is 17.0 Å². The van der Waals surface area contributed by atoms with E-state index in [1.807, 2.05) is 6.92 Å². The van der Waals surface area contributed by atoms with Crippen LogP contribution in [0, 0.1) is 0 Å². The van der Waals surface area contributed by atoms with Crippen LogP contribution in [-0.4, -0.2) is 16.5 Å². The zero-order chi connectivity index (χ0) is 15.8. The third-order valence-corrected chi connectivity index (χ3v) is 3.08. The van der Waals surface area contributed by atoms with Crippen molar-refractivity contribution in [2.75, 3.05) is 0 Å². The molecule has 0 bridgehead atoms. The van der Waals surface area contributed by atoms with Crippen LogP contribution in [0.4, 0.5) is 13.2 Å². The number of carbonyl (C=O) groups is 1. The highest BCUT2D eigenvalue weighted by Gasteiger charge is 2.40. The van der Waals surface area contributed by atoms with Gasteiger partial charge in [0.05, 0.1) is 5.56 Å². The summed E-state index contributed by atoms with van der Waals surface area (Å²) >= 11 is 0. The van der Waals surface area contributed by atoms with Gasteiger partial charge in [0.15, 0.2) is 0 Å². The van der Waals surface area contributed by atoms with Gasteiger partial charge < -0.3 is 4.57 Å². The number of aryl methyl sites for hydroxylation is 1. The van der Waals surface area contributed by atoms with Crippen molar-refractivity contribution in [2.24, 2.45) is 7.05 Å². The van der Waals surface area contributed by atoms with Gasteiger partial charge in [0.1, 0.15) is 0 Å². The number of carbonyl (C=O) groups excluding carboxylic acids is 1. The fourth-order valence-corrected chi connectivity index (χ4v) is 2.09. The van der Waals surface area contributed by atoms with Gasteiger partial charge in [0, 0.05) is 24.1 Å². The molecule has 110 valence electrons. The molecule has 0 aliphatic rings. The molecule has 0 aliphatic heterocycles. The molecule has 1 aromatic heterocycles. The zero-order valence-electron chi connectivity index (χ0n) is 11.7. The monoisotopic (exact) mass is 293 g/mol. The molecular weight excluding hydrogens is 279 g/mol. The molecule has 0 saturated carbocycles. The average molecular weight is 293 g/mol. The number of Topliss-reactive ketones (excluding diaryl/α,β-unsaturated/α-hetero) is 1. The first kappa shape index (κ1) is 15.1. The Morgan fingerprint density at radius 3 is 2.57 bits per heavy atom. The molecule has 2 aromatic rings. The molecule has 0 N–H and O–H groups in total. The number of ketones is 1. The first-order chi connectivity index (χ1) is 9.70. The molecule has 2 nitrogen and oxygen atoms in total. The van der Waals surface area contributed by atoms with E-state index in [2.05, 4.69) is 6.58 Å². The van der Waals surface area contributed by atoms with Crippen LogP contribution in [0.5, 0.6) is 0 Å². The minimum atomic E-state index is -4.88. The first-order valence-corrected chi connectivity index (χ1v) is 6.24. The number of fused-ring (bicyclic) bond motifs is 1. The Kier molecular flexibility index (Phi) is 3.77. The first-order valence-electron chi connectivity index (χ1n) is 6.24. The maximum Gasteiger partial charge on any atom is 0.454 e. The van der Waals surface area contributed by atoms with Crippen molar-refractivity contribution in [3.63, 3.8) is 0 Å². The van der Waals surface area contributed by atoms with Crippen molar-refractivity contribution >= 4 is 22.8 Å². The molecule has 21 heavy (non-hydrogen) atoms. The van der Waals surface area contributed by atoms with Crippen molar-refractivity contribution < 1.29 is 18.0 Å². The average Bonchev–Trinajstić information content (AvgIpc) is 2.71. The van der Waals surface area contributed by atoms with E-state index in [0.717, 1.165) is 5.57 Å². The molecule has 0 atom stereocenters. The minimum absolute atomic E-state index is 0.295. The molecule has 0 radical (unpaired) electrons. The fraction of sp³-hybridized carbons (Fsp3) is 0.188. The number of allylic oxidation sites excluding steroid dienone is 2. The highest BCUT2D eigenvalue weighted by atomic mass is 19.4. The Morgan fingerprint density at radius 1 is 1.33 bits per heavy atom. The van der Waals surface area contributed by atoms with E-state index in [-0.39, 0.29) is 5.56 Å². The molecular formula is C16H14F3NO. The number of nitrogens with zero attached hydrogens (tertiary/aromatic N) is 1. The highest BCUT2D eigenvalue weighted by Crippen LogP contribution is 2.29. The van der Waals surface area contributed by atoms with Crippen molar-refractivity contribution in [2.45, 2.75) is 13.1 Å². The van der Waals surface area contributed by atoms with E-state index in [4.69, 9.17) is 0 Å². The summed E-state index contributed by atoms with van der Waals surface area (Å²) in [7, 11) is 1.61. The quantitative estimate of drug-likeness (QED) is 0.602. The van der Waals surface area contributed by atoms with Gasteiger partial charge in [-0.25, -0.2) is 0 Å². The SMILES string of the molecule is C=C(C)/C=C/c1ccc2c(c1)c(C(=O)C(F)(F)F)cn2C. The lowest BCUT2D eigenvalue weighted by atomic mass is 10.1. The van der Waals surface area contributed by atoms with Crippen LogP contribution < -0.4 is 0 Å². The van der Waals surface area contributed by atoms with Crippen LogP contribution in [0.2, 0.25) is 0 Å². The molecule has 0 unspecified atom stereocenters. The summed E-state index contributed by atoms with van der Waals surface area (Å²) < 4.78 is 39.4. The Morgan fingerprint density at radius 2 is 2.00 bits per heavy atom. The summed E-state index contributed by atoms with van der Waals surface area (Å²) in [5, 5.41) is 0.295. The maximum atomic E-state index is 12.6. The number of halogens is 3. The van der Waals surface area contributed by atoms with E-state index in [1.165, 1.54) is 10.8 Å². The van der Waals surface area contributed by atoms with Crippen molar-refractivity contribution in [3.05, 3.63) is 53.8 Å². The van der Waals surface area contributed by atoms with Crippen LogP contribution in [0.15, 0.2) is 42.6 Å². The molecule has 2 rings (SSSR count). The van der Waals surface area contributed by atoms with Gasteiger partial charge in [0.25, 0.3) is 5.78 Å². The van der Waals surface area contributed by atoms with E-state index in [9.17, 15) is 18.0 Å². The normalized spacial score (nSPS) is 12.2. The largest absolute Gasteiger partial charge is 0.454 e. The van der Waals surface area contributed by atoms with E-state index >= 15 is 0 Å². The summed E-state index contributed by atoms with van der Waals surface area (Å²) in [6, 6.07) is 5.05. The Hall–Kier alpha value is -2.30. The Bertz CT molecular complexity index is 751. The van der Waals surface area contributed by atoms with E-state index < -0.39 is 12.0 Å². The lowest BCUT2D eigenvalue weighted by Gasteiger charge is -2.03. The second-order valence-corrected chi connectivity index (χ2v) is 4.94. The molecule has 0 amide bonds. The number of aromatic nitrogens is 1. The summed E-state index contributed by atoms with van der Waals surface area (Å²) in [5.41, 5.74) is 1.79. The summed E-state index contributed by atoms with van der Waals surface area (Å²) in [6.45, 7) is 5.54. The maximum absolute atomic E-state index is 12.6. The van der Waals surface area contributed by atoms with Gasteiger partial charge in [-0.15, -0.1) is 0 Å². The predicted octanol–water partition coefficient (Wildman–Crippen LogP) is 4.51. The van der Waals surface area contributed by atoms with Crippen molar-refractivity contribution in [1.29, 1.82) is 0 Å². The van der Waals surface area contributed by atoms with E-state index in [0.29, 0.717) is 16.5 Å². The Labute approximate surface area is 120 Å². The lowest BCUT2D eigenvalue weighted by molar-refractivity contribution is -0.0884. The molecule has 1 aromatic carbocycles. The van der Waals surface area contributed by atoms with Gasteiger partial charge in [-0.2, -0.15) is 13.2 Å². The van der Waals surface area contributed by atoms with Crippen molar-refractivity contribution in [1.82, 2.24) is 4.57 Å². The molecule has 0 saturated heterocycles. The van der Waals surface area contributed by atoms with Crippen LogP contribution >= 0.6 is 0 Å². The number of hydrogen-bond acceptors (Lipinski definition) is 1. The fourth-order valence-electron chi connectivity index (χ4n) is 2.09. The summed E-state index contributed by atoms with van der Waals surface area (Å²) in [5.74, 6) is -1.82. The summed E-state index contributed by atoms with van der Waals surface area (Å²) in [4.78, 5) is 11.5. The number of rotatable bonds is 3. The van der Waals surface area contributed by atoms with Crippen molar-refractivity contribution in [3.8, 4) is 0 Å². The molecule has 1 heterocycles. The van der Waals surface area contributed by atoms with Crippen LogP contribution in [0.1, 0.15) is 22.8 Å². The predicted molar refractivity (Wildman–Crippen MR) is 77.2 cm³/mol. The molecule has 0 aliphatic carbocycles. The third-order valence-electron chi connectivity index (χ3n) is 3.08. The smallest absolute Gasteiger partial charge is 0.350 e. The second kappa shape index (κ2) is 5.24. The topological polar surface area (TPSA) is 22.0 Å².